The number of aliphatic hydroxyl groups is 1. The highest BCUT2D eigenvalue weighted by molar-refractivity contribution is 6.07. The third kappa shape index (κ3) is 5.55. The largest absolute Gasteiger partial charge is 0.489 e. The molecular weight excluding hydrogens is 420 g/mol. The zero-order chi connectivity index (χ0) is 23.2. The lowest BCUT2D eigenvalue weighted by Crippen LogP contribution is -2.32. The summed E-state index contributed by atoms with van der Waals surface area (Å²) < 4.78 is 5.56. The Morgan fingerprint density at radius 1 is 1.33 bits per heavy atom. The second kappa shape index (κ2) is 10.3. The highest BCUT2D eigenvalue weighted by atomic mass is 16.5. The first-order valence-corrected chi connectivity index (χ1v) is 10.9. The number of hydrogen-bond acceptors (Lipinski definition) is 7. The molecule has 0 saturated carbocycles. The summed E-state index contributed by atoms with van der Waals surface area (Å²) in [6.07, 6.45) is 0.395. The molecule has 3 aromatic rings. The number of ether oxygens (including phenoxy) is 1. The number of amides is 1. The van der Waals surface area contributed by atoms with Gasteiger partial charge in [-0.1, -0.05) is 25.1 Å². The number of carbonyl (C=O) groups excluding carboxylic acids is 1. The number of carbonyl (C=O) groups is 1. The molecule has 1 aliphatic heterocycles. The van der Waals surface area contributed by atoms with Gasteiger partial charge in [0.25, 0.3) is 0 Å². The number of aliphatic hydroxyl groups excluding tert-OH is 1. The molecule has 4 rings (SSSR count). The number of benzene rings is 2. The smallest absolute Gasteiger partial charge is 0.240 e. The molecule has 1 aliphatic rings. The standard InChI is InChI=1S/C24H26N6O3/c1-15-10-23(32)29-30-24(15)16-6-7-19-20(11-16)28-22(27-19)8-9-26-13-18(31)14-33-21-5-3-2-4-17(21)12-25/h2-7,11,15,18,26,31H,8-10,13-14H2,1H3,(H,27,28)(H,29,32). The van der Waals surface area contributed by atoms with E-state index in [4.69, 9.17) is 10.00 Å². The van der Waals surface area contributed by atoms with Crippen LogP contribution in [0, 0.1) is 17.2 Å². The molecule has 1 amide bonds. The first kappa shape index (κ1) is 22.5. The SMILES string of the molecule is CC1CC(=O)NN=C1c1ccc2[nH]c(CCNCC(O)COc3ccccc3C#N)nc2c1. The molecule has 2 aromatic carbocycles. The average Bonchev–Trinajstić information content (AvgIpc) is 3.22. The molecule has 4 N–H and O–H groups in total. The van der Waals surface area contributed by atoms with Crippen LogP contribution in [0.15, 0.2) is 47.6 Å². The summed E-state index contributed by atoms with van der Waals surface area (Å²) in [6.45, 7) is 3.09. The van der Waals surface area contributed by atoms with E-state index < -0.39 is 6.10 Å². The van der Waals surface area contributed by atoms with Crippen molar-refractivity contribution in [2.24, 2.45) is 11.0 Å². The van der Waals surface area contributed by atoms with Gasteiger partial charge in [-0.15, -0.1) is 0 Å². The number of aromatic amines is 1. The number of fused-ring (bicyclic) bond motifs is 1. The summed E-state index contributed by atoms with van der Waals surface area (Å²) in [4.78, 5) is 19.5. The molecule has 9 nitrogen and oxygen atoms in total. The molecule has 0 saturated heterocycles. The van der Waals surface area contributed by atoms with Crippen molar-refractivity contribution < 1.29 is 14.6 Å². The van der Waals surface area contributed by atoms with Crippen molar-refractivity contribution in [1.29, 1.82) is 5.26 Å². The van der Waals surface area contributed by atoms with E-state index in [1.54, 1.807) is 24.3 Å². The van der Waals surface area contributed by atoms with E-state index in [0.29, 0.717) is 37.2 Å². The minimum Gasteiger partial charge on any atom is -0.489 e. The number of nitriles is 1. The maximum Gasteiger partial charge on any atom is 0.240 e. The fourth-order valence-corrected chi connectivity index (χ4v) is 3.74. The Kier molecular flexibility index (Phi) is 6.98. The number of hydrogen-bond donors (Lipinski definition) is 4. The second-order valence-electron chi connectivity index (χ2n) is 8.08. The van der Waals surface area contributed by atoms with E-state index in [2.05, 4.69) is 31.9 Å². The number of hydrazone groups is 1. The van der Waals surface area contributed by atoms with Crippen LogP contribution in [-0.2, 0) is 11.2 Å². The fraction of sp³-hybridized carbons (Fsp3) is 0.333. The summed E-state index contributed by atoms with van der Waals surface area (Å²) in [7, 11) is 0. The summed E-state index contributed by atoms with van der Waals surface area (Å²) in [5, 5.41) is 26.6. The molecule has 33 heavy (non-hydrogen) atoms. The van der Waals surface area contributed by atoms with Crippen LogP contribution in [0.2, 0.25) is 0 Å². The zero-order valence-electron chi connectivity index (χ0n) is 18.3. The van der Waals surface area contributed by atoms with E-state index in [-0.39, 0.29) is 18.4 Å². The minimum absolute atomic E-state index is 0.0580. The van der Waals surface area contributed by atoms with Crippen molar-refractivity contribution in [2.45, 2.75) is 25.9 Å². The molecule has 2 heterocycles. The molecule has 170 valence electrons. The second-order valence-corrected chi connectivity index (χ2v) is 8.08. The molecule has 0 radical (unpaired) electrons. The molecule has 0 fully saturated rings. The number of nitrogens with zero attached hydrogens (tertiary/aromatic N) is 3. The number of nitrogens with one attached hydrogen (secondary N) is 3. The average molecular weight is 447 g/mol. The van der Waals surface area contributed by atoms with Crippen LogP contribution >= 0.6 is 0 Å². The fourth-order valence-electron chi connectivity index (χ4n) is 3.74. The van der Waals surface area contributed by atoms with Crippen LogP contribution in [0.1, 0.15) is 30.3 Å². The summed E-state index contributed by atoms with van der Waals surface area (Å²) in [5.74, 6) is 1.31. The van der Waals surface area contributed by atoms with Gasteiger partial charge in [0, 0.05) is 37.4 Å². The number of para-hydroxylation sites is 1. The van der Waals surface area contributed by atoms with Gasteiger partial charge in [0.15, 0.2) is 0 Å². The Balaban J connectivity index is 1.26. The Hall–Kier alpha value is -3.74. The van der Waals surface area contributed by atoms with Gasteiger partial charge in [0.1, 0.15) is 30.4 Å². The van der Waals surface area contributed by atoms with Gasteiger partial charge < -0.3 is 20.1 Å². The lowest BCUT2D eigenvalue weighted by atomic mass is 9.94. The summed E-state index contributed by atoms with van der Waals surface area (Å²) in [6, 6.07) is 15.0. The Morgan fingerprint density at radius 3 is 3.00 bits per heavy atom. The topological polar surface area (TPSA) is 135 Å². The molecular formula is C24H26N6O3. The molecule has 9 heteroatoms. The monoisotopic (exact) mass is 446 g/mol. The minimum atomic E-state index is -0.700. The number of H-pyrrole nitrogens is 1. The van der Waals surface area contributed by atoms with Gasteiger partial charge in [0.05, 0.1) is 22.3 Å². The van der Waals surface area contributed by atoms with Crippen LogP contribution in [0.4, 0.5) is 0 Å². The summed E-state index contributed by atoms with van der Waals surface area (Å²) >= 11 is 0. The van der Waals surface area contributed by atoms with Gasteiger partial charge in [-0.3, -0.25) is 4.79 Å². The first-order valence-electron chi connectivity index (χ1n) is 10.9. The molecule has 2 atom stereocenters. The quantitative estimate of drug-likeness (QED) is 0.371. The van der Waals surface area contributed by atoms with Crippen molar-refractivity contribution in [3.8, 4) is 11.8 Å². The van der Waals surface area contributed by atoms with E-state index in [0.717, 1.165) is 28.1 Å². The number of aromatic nitrogens is 2. The van der Waals surface area contributed by atoms with Crippen molar-refractivity contribution in [1.82, 2.24) is 20.7 Å². The maximum atomic E-state index is 11.5. The Labute approximate surface area is 191 Å². The van der Waals surface area contributed by atoms with Crippen LogP contribution in [-0.4, -0.2) is 52.5 Å². The lowest BCUT2D eigenvalue weighted by molar-refractivity contribution is -0.121. The van der Waals surface area contributed by atoms with Crippen LogP contribution < -0.4 is 15.5 Å². The van der Waals surface area contributed by atoms with Crippen LogP contribution in [0.25, 0.3) is 11.0 Å². The normalized spacial score (nSPS) is 16.7. The van der Waals surface area contributed by atoms with Crippen LogP contribution in [0.3, 0.4) is 0 Å². The van der Waals surface area contributed by atoms with Crippen molar-refractivity contribution in [3.05, 3.63) is 59.4 Å². The van der Waals surface area contributed by atoms with Crippen LogP contribution in [0.5, 0.6) is 5.75 Å². The predicted octanol–water partition coefficient (Wildman–Crippen LogP) is 1.87. The van der Waals surface area contributed by atoms with E-state index in [1.807, 2.05) is 25.1 Å². The third-order valence-electron chi connectivity index (χ3n) is 5.44. The summed E-state index contributed by atoms with van der Waals surface area (Å²) in [5.41, 5.74) is 6.59. The molecule has 0 spiro atoms. The maximum absolute atomic E-state index is 11.5. The highest BCUT2D eigenvalue weighted by Gasteiger charge is 2.22. The van der Waals surface area contributed by atoms with Crippen molar-refractivity contribution in [2.75, 3.05) is 19.7 Å². The third-order valence-corrected chi connectivity index (χ3v) is 5.44. The van der Waals surface area contributed by atoms with Crippen molar-refractivity contribution >= 4 is 22.7 Å². The molecule has 0 bridgehead atoms. The number of imidazole rings is 1. The zero-order valence-corrected chi connectivity index (χ0v) is 18.3. The molecule has 1 aromatic heterocycles. The van der Waals surface area contributed by atoms with E-state index in [1.165, 1.54) is 0 Å². The van der Waals surface area contributed by atoms with E-state index >= 15 is 0 Å². The van der Waals surface area contributed by atoms with E-state index in [9.17, 15) is 9.90 Å². The van der Waals surface area contributed by atoms with Gasteiger partial charge >= 0.3 is 0 Å². The van der Waals surface area contributed by atoms with Gasteiger partial charge in [-0.25, -0.2) is 10.4 Å². The predicted molar refractivity (Wildman–Crippen MR) is 124 cm³/mol. The van der Waals surface area contributed by atoms with Gasteiger partial charge in [-0.2, -0.15) is 10.4 Å². The van der Waals surface area contributed by atoms with Crippen molar-refractivity contribution in [3.63, 3.8) is 0 Å². The molecule has 2 unspecified atom stereocenters. The van der Waals surface area contributed by atoms with Gasteiger partial charge in [0.2, 0.25) is 5.91 Å². The molecule has 0 aliphatic carbocycles. The Morgan fingerprint density at radius 2 is 2.18 bits per heavy atom. The highest BCUT2D eigenvalue weighted by Crippen LogP contribution is 2.20. The first-order chi connectivity index (χ1) is 16.0. The number of rotatable bonds is 9. The lowest BCUT2D eigenvalue weighted by Gasteiger charge is -2.18. The Bertz CT molecular complexity index is 1210. The van der Waals surface area contributed by atoms with Gasteiger partial charge in [-0.05, 0) is 24.3 Å².